The van der Waals surface area contributed by atoms with Gasteiger partial charge in [0.15, 0.2) is 5.78 Å². The van der Waals surface area contributed by atoms with Crippen molar-refractivity contribution >= 4 is 5.78 Å². The van der Waals surface area contributed by atoms with Crippen LogP contribution in [0.1, 0.15) is 36.7 Å². The Bertz CT molecular complexity index is 320. The number of alkyl halides is 2. The molecule has 0 spiro atoms. The molecule has 0 fully saturated rings. The van der Waals surface area contributed by atoms with Gasteiger partial charge in [0.05, 0.1) is 0 Å². The third-order valence-corrected chi connectivity index (χ3v) is 1.70. The summed E-state index contributed by atoms with van der Waals surface area (Å²) in [6, 6.07) is 0. The third-order valence-electron chi connectivity index (χ3n) is 1.70. The molecule has 1 aromatic heterocycles. The third kappa shape index (κ3) is 1.91. The van der Waals surface area contributed by atoms with Gasteiger partial charge in [0.2, 0.25) is 0 Å². The minimum Gasteiger partial charge on any atom is -0.293 e. The summed E-state index contributed by atoms with van der Waals surface area (Å²) in [5, 5.41) is 0. The number of hydrogen-bond acceptors (Lipinski definition) is 2. The molecule has 0 radical (unpaired) electrons. The number of nitrogens with zero attached hydrogens (tertiary/aromatic N) is 2. The van der Waals surface area contributed by atoms with Crippen LogP contribution < -0.4 is 0 Å². The van der Waals surface area contributed by atoms with Crippen LogP contribution in [0.15, 0.2) is 6.20 Å². The van der Waals surface area contributed by atoms with Crippen molar-refractivity contribution in [1.29, 1.82) is 0 Å². The fourth-order valence-corrected chi connectivity index (χ4v) is 1.03. The largest absolute Gasteiger partial charge is 0.319 e. The summed E-state index contributed by atoms with van der Waals surface area (Å²) in [5.74, 6) is -0.0608. The summed E-state index contributed by atoms with van der Waals surface area (Å²) in [5.41, 5.74) is 0.0946. The quantitative estimate of drug-likeness (QED) is 0.680. The predicted molar refractivity (Wildman–Crippen MR) is 42.9 cm³/mol. The molecule has 0 aliphatic rings. The molecule has 3 nitrogen and oxygen atoms in total. The van der Waals surface area contributed by atoms with Crippen LogP contribution in [-0.4, -0.2) is 15.3 Å². The molecule has 5 heteroatoms. The van der Waals surface area contributed by atoms with Crippen molar-refractivity contribution in [3.8, 4) is 0 Å². The number of aryl methyl sites for hydroxylation is 1. The minimum absolute atomic E-state index is 0.0946. The first-order chi connectivity index (χ1) is 6.06. The number of carbonyl (C=O) groups is 1. The van der Waals surface area contributed by atoms with Gasteiger partial charge in [-0.05, 0) is 0 Å². The molecular formula is C8H10F2N2O. The SMILES string of the molecule is CCc1nc(C(C)=O)cn1C(F)F. The first-order valence-corrected chi connectivity index (χ1v) is 3.93. The van der Waals surface area contributed by atoms with E-state index in [9.17, 15) is 13.6 Å². The second-order valence-corrected chi connectivity index (χ2v) is 2.64. The van der Waals surface area contributed by atoms with E-state index in [1.807, 2.05) is 0 Å². The van der Waals surface area contributed by atoms with E-state index in [0.717, 1.165) is 10.8 Å². The first kappa shape index (κ1) is 9.83. The van der Waals surface area contributed by atoms with Crippen molar-refractivity contribution in [2.75, 3.05) is 0 Å². The van der Waals surface area contributed by atoms with Gasteiger partial charge in [0.1, 0.15) is 11.5 Å². The number of hydrogen-bond donors (Lipinski definition) is 0. The lowest BCUT2D eigenvalue weighted by molar-refractivity contribution is 0.0671. The molecule has 0 unspecified atom stereocenters. The Morgan fingerprint density at radius 2 is 2.31 bits per heavy atom. The van der Waals surface area contributed by atoms with Crippen LogP contribution in [-0.2, 0) is 6.42 Å². The van der Waals surface area contributed by atoms with Crippen LogP contribution in [0, 0.1) is 0 Å². The summed E-state index contributed by atoms with van der Waals surface area (Å²) >= 11 is 0. The van der Waals surface area contributed by atoms with E-state index in [1.165, 1.54) is 6.92 Å². The van der Waals surface area contributed by atoms with Gasteiger partial charge in [-0.25, -0.2) is 4.98 Å². The predicted octanol–water partition coefficient (Wildman–Crippen LogP) is 2.04. The summed E-state index contributed by atoms with van der Waals surface area (Å²) in [4.78, 5) is 14.6. The number of Topliss-reactive ketones (excluding diaryl/α,β-unsaturated/α-hetero) is 1. The standard InChI is InChI=1S/C8H10F2N2O/c1-3-7-11-6(5(2)13)4-12(7)8(9)10/h4,8H,3H2,1-2H3. The molecule has 0 aromatic carbocycles. The number of aromatic nitrogens is 2. The molecule has 0 saturated carbocycles. The lowest BCUT2D eigenvalue weighted by Gasteiger charge is -2.02. The van der Waals surface area contributed by atoms with E-state index in [2.05, 4.69) is 4.98 Å². The molecule has 1 aromatic rings. The van der Waals surface area contributed by atoms with Crippen LogP contribution >= 0.6 is 0 Å². The molecule has 0 bridgehead atoms. The van der Waals surface area contributed by atoms with Crippen LogP contribution in [0.5, 0.6) is 0 Å². The smallest absolute Gasteiger partial charge is 0.293 e. The van der Waals surface area contributed by atoms with Crippen molar-refractivity contribution in [2.45, 2.75) is 26.8 Å². The monoisotopic (exact) mass is 188 g/mol. The van der Waals surface area contributed by atoms with Crippen molar-refractivity contribution in [2.24, 2.45) is 0 Å². The summed E-state index contributed by atoms with van der Waals surface area (Å²) < 4.78 is 25.3. The van der Waals surface area contributed by atoms with Crippen molar-refractivity contribution in [3.05, 3.63) is 17.7 Å². The van der Waals surface area contributed by atoms with E-state index in [4.69, 9.17) is 0 Å². The van der Waals surface area contributed by atoms with Crippen molar-refractivity contribution in [3.63, 3.8) is 0 Å². The average molecular weight is 188 g/mol. The Balaban J connectivity index is 3.11. The van der Waals surface area contributed by atoms with E-state index in [1.54, 1.807) is 6.92 Å². The van der Waals surface area contributed by atoms with Gasteiger partial charge in [-0.2, -0.15) is 8.78 Å². The molecule has 0 N–H and O–H groups in total. The Morgan fingerprint density at radius 1 is 1.69 bits per heavy atom. The maximum Gasteiger partial charge on any atom is 0.319 e. The highest BCUT2D eigenvalue weighted by molar-refractivity contribution is 5.91. The van der Waals surface area contributed by atoms with Gasteiger partial charge in [-0.3, -0.25) is 9.36 Å². The highest BCUT2D eigenvalue weighted by atomic mass is 19.3. The van der Waals surface area contributed by atoms with Crippen LogP contribution in [0.4, 0.5) is 8.78 Å². The summed E-state index contributed by atoms with van der Waals surface area (Å²) in [6.07, 6.45) is 1.48. The second-order valence-electron chi connectivity index (χ2n) is 2.64. The van der Waals surface area contributed by atoms with Crippen LogP contribution in [0.3, 0.4) is 0 Å². The zero-order chi connectivity index (χ0) is 10.0. The molecule has 0 atom stereocenters. The van der Waals surface area contributed by atoms with Gasteiger partial charge in [0.25, 0.3) is 0 Å². The first-order valence-electron chi connectivity index (χ1n) is 3.93. The number of rotatable bonds is 3. The zero-order valence-electron chi connectivity index (χ0n) is 7.42. The highest BCUT2D eigenvalue weighted by Crippen LogP contribution is 2.15. The molecule has 0 saturated heterocycles. The van der Waals surface area contributed by atoms with Crippen molar-refractivity contribution in [1.82, 2.24) is 9.55 Å². The second kappa shape index (κ2) is 3.64. The molecule has 0 aliphatic heterocycles. The van der Waals surface area contributed by atoms with E-state index < -0.39 is 6.55 Å². The molecule has 0 amide bonds. The van der Waals surface area contributed by atoms with Gasteiger partial charge in [-0.15, -0.1) is 0 Å². The van der Waals surface area contributed by atoms with Crippen LogP contribution in [0.25, 0.3) is 0 Å². The van der Waals surface area contributed by atoms with Gasteiger partial charge < -0.3 is 0 Å². The zero-order valence-corrected chi connectivity index (χ0v) is 7.42. The number of imidazole rings is 1. The van der Waals surface area contributed by atoms with Gasteiger partial charge >= 0.3 is 6.55 Å². The van der Waals surface area contributed by atoms with Gasteiger partial charge in [-0.1, -0.05) is 6.92 Å². The topological polar surface area (TPSA) is 34.9 Å². The molecule has 0 aliphatic carbocycles. The maximum atomic E-state index is 12.3. The fraction of sp³-hybridized carbons (Fsp3) is 0.500. The number of halogens is 2. The van der Waals surface area contributed by atoms with Crippen LogP contribution in [0.2, 0.25) is 0 Å². The Kier molecular flexibility index (Phi) is 2.75. The van der Waals surface area contributed by atoms with E-state index in [-0.39, 0.29) is 17.3 Å². The summed E-state index contributed by atoms with van der Waals surface area (Å²) in [7, 11) is 0. The lowest BCUT2D eigenvalue weighted by atomic mass is 10.3. The maximum absolute atomic E-state index is 12.3. The Labute approximate surface area is 74.4 Å². The Hall–Kier alpha value is -1.26. The number of carbonyl (C=O) groups excluding carboxylic acids is 1. The van der Waals surface area contributed by atoms with Gasteiger partial charge in [0, 0.05) is 19.5 Å². The summed E-state index contributed by atoms with van der Waals surface area (Å²) in [6.45, 7) is 0.387. The Morgan fingerprint density at radius 3 is 2.62 bits per heavy atom. The molecule has 13 heavy (non-hydrogen) atoms. The lowest BCUT2D eigenvalue weighted by Crippen LogP contribution is -2.01. The minimum atomic E-state index is -2.63. The van der Waals surface area contributed by atoms with E-state index >= 15 is 0 Å². The molecule has 72 valence electrons. The van der Waals surface area contributed by atoms with E-state index in [0.29, 0.717) is 6.42 Å². The van der Waals surface area contributed by atoms with Crippen molar-refractivity contribution < 1.29 is 13.6 Å². The molecular weight excluding hydrogens is 178 g/mol. The number of ketones is 1. The fourth-order valence-electron chi connectivity index (χ4n) is 1.03. The normalized spacial score (nSPS) is 10.8. The highest BCUT2D eigenvalue weighted by Gasteiger charge is 2.15. The molecule has 1 rings (SSSR count). The average Bonchev–Trinajstić information content (AvgIpc) is 2.47. The molecule has 1 heterocycles.